The Morgan fingerprint density at radius 3 is 1.34 bits per heavy atom. The van der Waals surface area contributed by atoms with Crippen LogP contribution in [0.25, 0.3) is 99.1 Å². The molecule has 11 aromatic carbocycles. The fraction of sp³-hybridized carbons (Fsp3) is 0. The summed E-state index contributed by atoms with van der Waals surface area (Å²) in [5.41, 5.74) is 17.0. The highest BCUT2D eigenvalue weighted by atomic mass is 16.3. The van der Waals surface area contributed by atoms with Crippen LogP contribution < -0.4 is 4.90 Å². The number of hydrogen-bond acceptors (Lipinski definition) is 2. The Morgan fingerprint density at radius 2 is 0.734 bits per heavy atom. The van der Waals surface area contributed by atoms with Crippen LogP contribution in [0, 0.1) is 0 Å². The van der Waals surface area contributed by atoms with Gasteiger partial charge in [0.05, 0.1) is 5.69 Å². The number of anilines is 3. The molecule has 2 heteroatoms. The van der Waals surface area contributed by atoms with E-state index in [9.17, 15) is 0 Å². The molecule has 0 saturated carbocycles. The molecule has 0 amide bonds. The van der Waals surface area contributed by atoms with Crippen LogP contribution in [0.5, 0.6) is 0 Å². The predicted octanol–water partition coefficient (Wildman–Crippen LogP) is 17.7. The molecule has 64 heavy (non-hydrogen) atoms. The van der Waals surface area contributed by atoms with Crippen LogP contribution in [-0.4, -0.2) is 0 Å². The van der Waals surface area contributed by atoms with E-state index in [0.717, 1.165) is 44.6 Å². The average Bonchev–Trinajstić information content (AvgIpc) is 3.75. The maximum Gasteiger partial charge on any atom is 0.135 e. The van der Waals surface area contributed by atoms with Crippen LogP contribution in [0.15, 0.2) is 253 Å². The molecule has 300 valence electrons. The van der Waals surface area contributed by atoms with Crippen molar-refractivity contribution in [3.8, 4) is 55.6 Å². The molecule has 0 saturated heterocycles. The van der Waals surface area contributed by atoms with Gasteiger partial charge in [0.25, 0.3) is 0 Å². The molecule has 1 aromatic heterocycles. The zero-order chi connectivity index (χ0) is 42.4. The number of furan rings is 1. The van der Waals surface area contributed by atoms with Crippen molar-refractivity contribution >= 4 is 60.5 Å². The zero-order valence-corrected chi connectivity index (χ0v) is 35.0. The normalized spacial score (nSPS) is 11.4. The number of rotatable bonds is 8. The van der Waals surface area contributed by atoms with Gasteiger partial charge in [-0.15, -0.1) is 0 Å². The second-order valence-corrected chi connectivity index (χ2v) is 16.4. The fourth-order valence-corrected chi connectivity index (χ4v) is 9.84. The number of hydrogen-bond donors (Lipinski definition) is 0. The summed E-state index contributed by atoms with van der Waals surface area (Å²) in [5, 5.41) is 6.98. The van der Waals surface area contributed by atoms with Gasteiger partial charge in [-0.25, -0.2) is 0 Å². The third-order valence-corrected chi connectivity index (χ3v) is 12.6. The molecule has 0 radical (unpaired) electrons. The van der Waals surface area contributed by atoms with Crippen molar-refractivity contribution in [3.05, 3.63) is 249 Å². The Bertz CT molecular complexity index is 3630. The molecule has 0 N–H and O–H groups in total. The molecule has 0 bridgehead atoms. The number of fused-ring (bicyclic) bond motifs is 5. The Kier molecular flexibility index (Phi) is 9.20. The van der Waals surface area contributed by atoms with Gasteiger partial charge < -0.3 is 9.32 Å². The van der Waals surface area contributed by atoms with E-state index in [4.69, 9.17) is 4.42 Å². The van der Waals surface area contributed by atoms with Crippen molar-refractivity contribution in [2.75, 3.05) is 4.90 Å². The first-order chi connectivity index (χ1) is 31.8. The third-order valence-electron chi connectivity index (χ3n) is 12.6. The van der Waals surface area contributed by atoms with Crippen LogP contribution in [0.4, 0.5) is 17.1 Å². The van der Waals surface area contributed by atoms with E-state index in [0.29, 0.717) is 0 Å². The second-order valence-electron chi connectivity index (χ2n) is 16.4. The smallest absolute Gasteiger partial charge is 0.135 e. The molecule has 1 heterocycles. The van der Waals surface area contributed by atoms with E-state index < -0.39 is 0 Å². The van der Waals surface area contributed by atoms with Gasteiger partial charge in [0.2, 0.25) is 0 Å². The lowest BCUT2D eigenvalue weighted by molar-refractivity contribution is 0.669. The molecule has 0 atom stereocenters. The summed E-state index contributed by atoms with van der Waals surface area (Å²) in [7, 11) is 0. The lowest BCUT2D eigenvalue weighted by Crippen LogP contribution is -2.10. The number of benzene rings is 11. The van der Waals surface area contributed by atoms with E-state index in [1.54, 1.807) is 0 Å². The minimum absolute atomic E-state index is 0.881. The standard InChI is InChI=1S/C62H41NO/c1-6-20-42(21-7-1)59-53-36-34-46(40-55(53)60(43-22-8-2-9-23-43)62(45-26-12-4-13-27-45)61(59)44-24-10-3-11-25-44)49-37-38-56(51-31-17-16-30-50(49)51)63(47-28-14-5-15-29-47)48-35-39-58-54(41-48)52-32-18-19-33-57(52)64-58/h1-41H. The molecular weight excluding hydrogens is 775 g/mol. The molecule has 0 aliphatic rings. The van der Waals surface area contributed by atoms with Crippen LogP contribution in [-0.2, 0) is 0 Å². The number of nitrogens with zero attached hydrogens (tertiary/aromatic N) is 1. The molecule has 0 aliphatic carbocycles. The monoisotopic (exact) mass is 815 g/mol. The molecular formula is C62H41NO. The van der Waals surface area contributed by atoms with Gasteiger partial charge >= 0.3 is 0 Å². The van der Waals surface area contributed by atoms with Gasteiger partial charge in [-0.3, -0.25) is 0 Å². The van der Waals surface area contributed by atoms with E-state index in [2.05, 4.69) is 241 Å². The number of para-hydroxylation sites is 2. The van der Waals surface area contributed by atoms with E-state index in [-0.39, 0.29) is 0 Å². The summed E-state index contributed by atoms with van der Waals surface area (Å²) in [4.78, 5) is 2.38. The van der Waals surface area contributed by atoms with Gasteiger partial charge in [0, 0.05) is 27.5 Å². The Morgan fingerprint density at radius 1 is 0.250 bits per heavy atom. The summed E-state index contributed by atoms with van der Waals surface area (Å²) < 4.78 is 6.28. The van der Waals surface area contributed by atoms with Crippen molar-refractivity contribution < 1.29 is 4.42 Å². The van der Waals surface area contributed by atoms with Crippen LogP contribution in [0.3, 0.4) is 0 Å². The summed E-state index contributed by atoms with van der Waals surface area (Å²) in [6.45, 7) is 0. The SMILES string of the molecule is c1ccc(-c2c(-c3ccccc3)c(-c3ccccc3)c3cc(-c4ccc(N(c5ccccc5)c5ccc6oc7ccccc7c6c5)c5ccccc45)ccc3c2-c2ccccc2)cc1. The summed E-state index contributed by atoms with van der Waals surface area (Å²) in [6, 6.07) is 89.8. The highest BCUT2D eigenvalue weighted by Gasteiger charge is 2.25. The van der Waals surface area contributed by atoms with Gasteiger partial charge in [-0.05, 0) is 120 Å². The van der Waals surface area contributed by atoms with E-state index in [1.165, 1.54) is 71.6 Å². The molecule has 2 nitrogen and oxygen atoms in total. The molecule has 0 fully saturated rings. The van der Waals surface area contributed by atoms with Crippen molar-refractivity contribution in [2.24, 2.45) is 0 Å². The van der Waals surface area contributed by atoms with Gasteiger partial charge in [0.1, 0.15) is 11.2 Å². The van der Waals surface area contributed by atoms with Crippen LogP contribution >= 0.6 is 0 Å². The Labute approximate surface area is 372 Å². The second kappa shape index (κ2) is 15.8. The topological polar surface area (TPSA) is 16.4 Å². The lowest BCUT2D eigenvalue weighted by Gasteiger charge is -2.28. The van der Waals surface area contributed by atoms with Gasteiger partial charge in [0.15, 0.2) is 0 Å². The van der Waals surface area contributed by atoms with Crippen LogP contribution in [0.1, 0.15) is 0 Å². The van der Waals surface area contributed by atoms with Gasteiger partial charge in [-0.2, -0.15) is 0 Å². The predicted molar refractivity (Wildman–Crippen MR) is 271 cm³/mol. The molecule has 0 unspecified atom stereocenters. The quantitative estimate of drug-likeness (QED) is 0.152. The van der Waals surface area contributed by atoms with Crippen molar-refractivity contribution in [3.63, 3.8) is 0 Å². The summed E-state index contributed by atoms with van der Waals surface area (Å²) in [6.07, 6.45) is 0. The maximum atomic E-state index is 6.28. The first kappa shape index (κ1) is 37.3. The lowest BCUT2D eigenvalue weighted by atomic mass is 9.78. The van der Waals surface area contributed by atoms with E-state index in [1.807, 2.05) is 12.1 Å². The van der Waals surface area contributed by atoms with Crippen LogP contribution in [0.2, 0.25) is 0 Å². The fourth-order valence-electron chi connectivity index (χ4n) is 9.84. The highest BCUT2D eigenvalue weighted by Crippen LogP contribution is 2.52. The minimum atomic E-state index is 0.881. The zero-order valence-electron chi connectivity index (χ0n) is 35.0. The Balaban J connectivity index is 1.13. The van der Waals surface area contributed by atoms with Crippen molar-refractivity contribution in [2.45, 2.75) is 0 Å². The minimum Gasteiger partial charge on any atom is -0.456 e. The van der Waals surface area contributed by atoms with Crippen molar-refractivity contribution in [1.29, 1.82) is 0 Å². The third kappa shape index (κ3) is 6.35. The van der Waals surface area contributed by atoms with E-state index >= 15 is 0 Å². The highest BCUT2D eigenvalue weighted by molar-refractivity contribution is 6.19. The average molecular weight is 816 g/mol. The van der Waals surface area contributed by atoms with Gasteiger partial charge in [-0.1, -0.05) is 200 Å². The first-order valence-corrected chi connectivity index (χ1v) is 21.9. The van der Waals surface area contributed by atoms with Crippen molar-refractivity contribution in [1.82, 2.24) is 0 Å². The molecule has 12 rings (SSSR count). The summed E-state index contributed by atoms with van der Waals surface area (Å²) in [5.74, 6) is 0. The molecule has 12 aromatic rings. The maximum absolute atomic E-state index is 6.28. The Hall–Kier alpha value is -8.46. The first-order valence-electron chi connectivity index (χ1n) is 21.9. The molecule has 0 spiro atoms. The largest absolute Gasteiger partial charge is 0.456 e. The summed E-state index contributed by atoms with van der Waals surface area (Å²) >= 11 is 0. The molecule has 0 aliphatic heterocycles.